The summed E-state index contributed by atoms with van der Waals surface area (Å²) in [6, 6.07) is 0. The van der Waals surface area contributed by atoms with Gasteiger partial charge < -0.3 is 0 Å². The van der Waals surface area contributed by atoms with Crippen molar-refractivity contribution in [2.45, 2.75) is 26.2 Å². The van der Waals surface area contributed by atoms with Crippen molar-refractivity contribution in [1.82, 2.24) is 10.4 Å². The number of hydrogen-bond acceptors (Lipinski definition) is 2. The summed E-state index contributed by atoms with van der Waals surface area (Å²) in [4.78, 5) is 0. The van der Waals surface area contributed by atoms with Crippen LogP contribution in [0.4, 0.5) is 0 Å². The number of nitrogens with one attached hydrogen (secondary N) is 1. The number of unbranched alkanes of at least 4 members (excludes halogenated alkanes) is 2. The molecular formula is C7H18N2. The van der Waals surface area contributed by atoms with Gasteiger partial charge in [0, 0.05) is 13.6 Å². The largest absolute Gasteiger partial charge is 0.259 e. The summed E-state index contributed by atoms with van der Waals surface area (Å²) in [6.45, 7) is 3.38. The molecule has 0 aliphatic rings. The van der Waals surface area contributed by atoms with Crippen molar-refractivity contribution < 1.29 is 0 Å². The molecule has 0 amide bonds. The predicted octanol–water partition coefficient (Wildman–Crippen LogP) is 1.24. The normalized spacial score (nSPS) is 10.7. The van der Waals surface area contributed by atoms with Gasteiger partial charge in [0.25, 0.3) is 0 Å². The van der Waals surface area contributed by atoms with Crippen molar-refractivity contribution in [2.24, 2.45) is 0 Å². The van der Waals surface area contributed by atoms with Gasteiger partial charge in [0.1, 0.15) is 0 Å². The quantitative estimate of drug-likeness (QED) is 0.445. The fourth-order valence-corrected chi connectivity index (χ4v) is 0.711. The summed E-state index contributed by atoms with van der Waals surface area (Å²) in [5.74, 6) is 0. The molecule has 1 N–H and O–H groups in total. The van der Waals surface area contributed by atoms with E-state index in [9.17, 15) is 0 Å². The monoisotopic (exact) mass is 130 g/mol. The third-order valence-electron chi connectivity index (χ3n) is 1.48. The van der Waals surface area contributed by atoms with Crippen LogP contribution in [-0.2, 0) is 0 Å². The summed E-state index contributed by atoms with van der Waals surface area (Å²) in [6.07, 6.45) is 3.94. The fourth-order valence-electron chi connectivity index (χ4n) is 0.711. The predicted molar refractivity (Wildman–Crippen MR) is 41.2 cm³/mol. The standard InChI is InChI=1S/C7H18N2/c1-4-5-6-7-9(3)8-2/h8H,4-7H2,1-3H3. The van der Waals surface area contributed by atoms with E-state index in [1.165, 1.54) is 19.3 Å². The lowest BCUT2D eigenvalue weighted by Crippen LogP contribution is -2.31. The van der Waals surface area contributed by atoms with Crippen molar-refractivity contribution in [3.63, 3.8) is 0 Å². The molecule has 0 saturated carbocycles. The Morgan fingerprint density at radius 1 is 1.33 bits per heavy atom. The molecule has 0 heterocycles. The van der Waals surface area contributed by atoms with Gasteiger partial charge in [0.2, 0.25) is 0 Å². The topological polar surface area (TPSA) is 15.3 Å². The van der Waals surface area contributed by atoms with Gasteiger partial charge in [0.15, 0.2) is 0 Å². The first-order chi connectivity index (χ1) is 4.31. The summed E-state index contributed by atoms with van der Waals surface area (Å²) < 4.78 is 0. The van der Waals surface area contributed by atoms with Crippen LogP contribution in [0.3, 0.4) is 0 Å². The molecular weight excluding hydrogens is 112 g/mol. The minimum absolute atomic E-state index is 1.16. The van der Waals surface area contributed by atoms with E-state index in [4.69, 9.17) is 0 Å². The Morgan fingerprint density at radius 2 is 2.00 bits per heavy atom. The van der Waals surface area contributed by atoms with Crippen molar-refractivity contribution in [2.75, 3.05) is 20.6 Å². The van der Waals surface area contributed by atoms with Gasteiger partial charge in [-0.15, -0.1) is 0 Å². The molecule has 0 aromatic rings. The first-order valence-electron chi connectivity index (χ1n) is 3.69. The van der Waals surface area contributed by atoms with Gasteiger partial charge in [-0.25, -0.2) is 5.01 Å². The van der Waals surface area contributed by atoms with Gasteiger partial charge >= 0.3 is 0 Å². The molecule has 0 bridgehead atoms. The maximum atomic E-state index is 3.06. The highest BCUT2D eigenvalue weighted by Gasteiger charge is 1.90. The highest BCUT2D eigenvalue weighted by molar-refractivity contribution is 4.42. The van der Waals surface area contributed by atoms with E-state index in [-0.39, 0.29) is 0 Å². The van der Waals surface area contributed by atoms with E-state index in [2.05, 4.69) is 24.4 Å². The number of rotatable bonds is 5. The van der Waals surface area contributed by atoms with Crippen LogP contribution in [0.1, 0.15) is 26.2 Å². The molecule has 2 nitrogen and oxygen atoms in total. The zero-order valence-corrected chi connectivity index (χ0v) is 6.78. The van der Waals surface area contributed by atoms with Crippen LogP contribution >= 0.6 is 0 Å². The second kappa shape index (κ2) is 6.05. The molecule has 0 unspecified atom stereocenters. The highest BCUT2D eigenvalue weighted by atomic mass is 15.5. The van der Waals surface area contributed by atoms with Crippen molar-refractivity contribution in [3.8, 4) is 0 Å². The summed E-state index contributed by atoms with van der Waals surface area (Å²) in [5.41, 5.74) is 3.06. The van der Waals surface area contributed by atoms with E-state index in [0.29, 0.717) is 0 Å². The molecule has 0 aliphatic heterocycles. The van der Waals surface area contributed by atoms with Crippen LogP contribution in [-0.4, -0.2) is 25.6 Å². The Labute approximate surface area is 58.2 Å². The van der Waals surface area contributed by atoms with Gasteiger partial charge in [-0.1, -0.05) is 19.8 Å². The van der Waals surface area contributed by atoms with Gasteiger partial charge in [-0.2, -0.15) is 0 Å². The molecule has 56 valence electrons. The van der Waals surface area contributed by atoms with Crippen LogP contribution in [0.15, 0.2) is 0 Å². The second-order valence-electron chi connectivity index (χ2n) is 2.35. The van der Waals surface area contributed by atoms with Crippen LogP contribution in [0.25, 0.3) is 0 Å². The van der Waals surface area contributed by atoms with Crippen LogP contribution < -0.4 is 5.43 Å². The number of hydrogen-bond donors (Lipinski definition) is 1. The zero-order valence-electron chi connectivity index (χ0n) is 6.78. The van der Waals surface area contributed by atoms with Crippen molar-refractivity contribution >= 4 is 0 Å². The number of hydrazine groups is 1. The van der Waals surface area contributed by atoms with Crippen molar-refractivity contribution in [3.05, 3.63) is 0 Å². The molecule has 0 fully saturated rings. The lowest BCUT2D eigenvalue weighted by atomic mass is 10.2. The Morgan fingerprint density at radius 3 is 2.44 bits per heavy atom. The molecule has 2 heteroatoms. The fraction of sp³-hybridized carbons (Fsp3) is 1.00. The highest BCUT2D eigenvalue weighted by Crippen LogP contribution is 1.93. The van der Waals surface area contributed by atoms with Crippen LogP contribution in [0.2, 0.25) is 0 Å². The summed E-state index contributed by atoms with van der Waals surface area (Å²) in [5, 5.41) is 2.11. The molecule has 0 radical (unpaired) electrons. The van der Waals surface area contributed by atoms with E-state index in [1.54, 1.807) is 0 Å². The van der Waals surface area contributed by atoms with E-state index in [1.807, 2.05) is 7.05 Å². The minimum Gasteiger partial charge on any atom is -0.259 e. The Hall–Kier alpha value is -0.0800. The van der Waals surface area contributed by atoms with Gasteiger partial charge in [-0.05, 0) is 13.5 Å². The third kappa shape index (κ3) is 5.80. The zero-order chi connectivity index (χ0) is 7.11. The summed E-state index contributed by atoms with van der Waals surface area (Å²) in [7, 11) is 4.02. The molecule has 0 atom stereocenters. The molecule has 0 rings (SSSR count). The summed E-state index contributed by atoms with van der Waals surface area (Å²) >= 11 is 0. The third-order valence-corrected chi connectivity index (χ3v) is 1.48. The lowest BCUT2D eigenvalue weighted by Gasteiger charge is -2.13. The molecule has 0 aromatic carbocycles. The van der Waals surface area contributed by atoms with Crippen molar-refractivity contribution in [1.29, 1.82) is 0 Å². The van der Waals surface area contributed by atoms with E-state index < -0.39 is 0 Å². The minimum atomic E-state index is 1.16. The van der Waals surface area contributed by atoms with Crippen LogP contribution in [0, 0.1) is 0 Å². The molecule has 0 aromatic heterocycles. The lowest BCUT2D eigenvalue weighted by molar-refractivity contribution is 0.254. The van der Waals surface area contributed by atoms with E-state index >= 15 is 0 Å². The maximum Gasteiger partial charge on any atom is 0.0127 e. The SMILES string of the molecule is CCCCCN(C)NC. The molecule has 0 aliphatic carbocycles. The van der Waals surface area contributed by atoms with E-state index in [0.717, 1.165) is 6.54 Å². The van der Waals surface area contributed by atoms with Crippen LogP contribution in [0.5, 0.6) is 0 Å². The average Bonchev–Trinajstić information content (AvgIpc) is 1.89. The second-order valence-corrected chi connectivity index (χ2v) is 2.35. The smallest absolute Gasteiger partial charge is 0.0127 e. The maximum absolute atomic E-state index is 3.06. The molecule has 0 saturated heterocycles. The first kappa shape index (κ1) is 8.92. The average molecular weight is 130 g/mol. The van der Waals surface area contributed by atoms with Gasteiger partial charge in [0.05, 0.1) is 0 Å². The Bertz CT molecular complexity index is 54.9. The van der Waals surface area contributed by atoms with Gasteiger partial charge in [-0.3, -0.25) is 5.43 Å². The Balaban J connectivity index is 2.88. The Kier molecular flexibility index (Phi) is 5.99. The number of nitrogens with zero attached hydrogens (tertiary/aromatic N) is 1. The molecule has 9 heavy (non-hydrogen) atoms. The first-order valence-corrected chi connectivity index (χ1v) is 3.69. The molecule has 0 spiro atoms.